The molecule has 0 saturated carbocycles. The van der Waals surface area contributed by atoms with Gasteiger partial charge in [0.25, 0.3) is 0 Å². The topological polar surface area (TPSA) is 75.1 Å². The van der Waals surface area contributed by atoms with E-state index in [2.05, 4.69) is 10.0 Å². The summed E-state index contributed by atoms with van der Waals surface area (Å²) in [6.45, 7) is 5.01. The van der Waals surface area contributed by atoms with Crippen molar-refractivity contribution in [1.29, 1.82) is 0 Å². The Balaban J connectivity index is -0.0000000693. The summed E-state index contributed by atoms with van der Waals surface area (Å²) in [6, 6.07) is 0. The van der Waals surface area contributed by atoms with Crippen LogP contribution in [0.2, 0.25) is 0 Å². The van der Waals surface area contributed by atoms with Crippen molar-refractivity contribution in [3.8, 4) is 0 Å². The normalized spacial score (nSPS) is 7.11. The van der Waals surface area contributed by atoms with Crippen LogP contribution >= 0.6 is 0 Å². The van der Waals surface area contributed by atoms with Crippen molar-refractivity contribution in [2.24, 2.45) is 5.11 Å². The summed E-state index contributed by atoms with van der Waals surface area (Å²) in [4.78, 5) is 13.2. The summed E-state index contributed by atoms with van der Waals surface area (Å²) in [7, 11) is 0. The van der Waals surface area contributed by atoms with Crippen molar-refractivity contribution in [2.45, 2.75) is 26.4 Å². The number of hydrogen-bond acceptors (Lipinski definition) is 3. The van der Waals surface area contributed by atoms with E-state index in [1.807, 2.05) is 0 Å². The number of carbonyl (C=O) groups excluding carboxylic acids is 1. The first-order valence-electron chi connectivity index (χ1n) is 3.75. The van der Waals surface area contributed by atoms with E-state index in [1.165, 1.54) is 0 Å². The summed E-state index contributed by atoms with van der Waals surface area (Å²) in [5, 5.41) is 3.06. The third kappa shape index (κ3) is 62.9. The van der Waals surface area contributed by atoms with Crippen molar-refractivity contribution < 1.29 is 46.1 Å². The molecule has 118 valence electrons. The number of nitrogens with zero attached hydrogens (tertiary/aromatic N) is 3. The number of carbonyl (C=O) groups is 1. The Kier molecular flexibility index (Phi) is 47.7. The standard InChI is InChI=1S/C6H11N3O2.4F2/c1-6(2,3)11-5(10)4-8-9-7;4*1-2/h4H2,1-3H3;;;;. The van der Waals surface area contributed by atoms with Gasteiger partial charge in [-0.05, 0) is 26.3 Å². The van der Waals surface area contributed by atoms with Crippen molar-refractivity contribution in [1.82, 2.24) is 0 Å². The Morgan fingerprint density at radius 2 is 1.37 bits per heavy atom. The van der Waals surface area contributed by atoms with Crippen LogP contribution in [0.15, 0.2) is 5.11 Å². The molecule has 0 aromatic carbocycles. The molecule has 0 spiro atoms. The van der Waals surface area contributed by atoms with Crippen molar-refractivity contribution in [3.63, 3.8) is 0 Å². The van der Waals surface area contributed by atoms with Crippen molar-refractivity contribution >= 4 is 5.97 Å². The smallest absolute Gasteiger partial charge is 0.312 e. The molecule has 19 heavy (non-hydrogen) atoms. The van der Waals surface area contributed by atoms with Crippen molar-refractivity contribution in [2.75, 3.05) is 6.54 Å². The zero-order valence-electron chi connectivity index (χ0n) is 9.89. The fourth-order valence-corrected chi connectivity index (χ4v) is 0.463. The summed E-state index contributed by atoms with van der Waals surface area (Å²) in [5.74, 6) is -0.504. The average molecular weight is 309 g/mol. The molecule has 0 heterocycles. The molecule has 0 unspecified atom stereocenters. The molecule has 5 nitrogen and oxygen atoms in total. The minimum Gasteiger partial charge on any atom is -0.460 e. The first-order valence-corrected chi connectivity index (χ1v) is 3.75. The third-order valence-electron chi connectivity index (χ3n) is 0.683. The van der Waals surface area contributed by atoms with Crippen LogP contribution in [0.1, 0.15) is 20.8 Å². The lowest BCUT2D eigenvalue weighted by molar-refractivity contribution is -0.152. The van der Waals surface area contributed by atoms with Crippen LogP contribution in [-0.2, 0) is 9.53 Å². The predicted octanol–water partition coefficient (Wildman–Crippen LogP) is 5.00. The van der Waals surface area contributed by atoms with Crippen molar-refractivity contribution in [3.05, 3.63) is 10.4 Å². The summed E-state index contributed by atoms with van der Waals surface area (Å²) >= 11 is 0. The zero-order valence-corrected chi connectivity index (χ0v) is 9.89. The largest absolute Gasteiger partial charge is 0.460 e. The molecule has 0 amide bonds. The molecule has 13 heteroatoms. The number of ether oxygens (including phenoxy) is 1. The first kappa shape index (κ1) is 30.3. The molecule has 0 aliphatic carbocycles. The molecule has 0 atom stereocenters. The third-order valence-corrected chi connectivity index (χ3v) is 0.683. The molecule has 0 aliphatic heterocycles. The Labute approximate surface area is 102 Å². The molecule has 0 aromatic heterocycles. The van der Waals surface area contributed by atoms with Gasteiger partial charge in [-0.15, -0.1) is 0 Å². The first-order chi connectivity index (χ1) is 8.95. The predicted molar refractivity (Wildman–Crippen MR) is 48.7 cm³/mol. The lowest BCUT2D eigenvalue weighted by Gasteiger charge is -2.18. The maximum Gasteiger partial charge on any atom is 0.312 e. The van der Waals surface area contributed by atoms with Gasteiger partial charge in [0.2, 0.25) is 0 Å². The summed E-state index contributed by atoms with van der Waals surface area (Å²) in [6.07, 6.45) is 0. The van der Waals surface area contributed by atoms with E-state index >= 15 is 0 Å². The maximum atomic E-state index is 10.7. The molecule has 0 aromatic rings. The highest BCUT2D eigenvalue weighted by molar-refractivity contribution is 5.72. The van der Waals surface area contributed by atoms with Crippen LogP contribution in [0.5, 0.6) is 0 Å². The molecular weight excluding hydrogens is 298 g/mol. The van der Waals surface area contributed by atoms with Gasteiger partial charge in [-0.3, -0.25) is 4.79 Å². The van der Waals surface area contributed by atoms with E-state index in [0.717, 1.165) is 0 Å². The van der Waals surface area contributed by atoms with Gasteiger partial charge in [0, 0.05) is 41.5 Å². The average Bonchev–Trinajstić information content (AvgIpc) is 2.43. The SMILES string of the molecule is CC(C)(C)OC(=O)CN=[N+]=[N-].FF.FF.FF.FF. The molecule has 0 radical (unpaired) electrons. The second kappa shape index (κ2) is 29.8. The summed E-state index contributed by atoms with van der Waals surface area (Å²) in [5.41, 5.74) is 7.35. The molecule has 0 bridgehead atoms. The van der Waals surface area contributed by atoms with Crippen LogP contribution in [0.4, 0.5) is 36.6 Å². The fraction of sp³-hybridized carbons (Fsp3) is 0.833. The molecule has 0 rings (SSSR count). The zero-order chi connectivity index (χ0) is 16.9. The van der Waals surface area contributed by atoms with Gasteiger partial charge in [-0.1, -0.05) is 5.11 Å². The maximum absolute atomic E-state index is 10.7. The highest BCUT2D eigenvalue weighted by Gasteiger charge is 2.14. The number of hydrogen-bond donors (Lipinski definition) is 0. The Hall–Kier alpha value is -1.78. The number of azide groups is 1. The van der Waals surface area contributed by atoms with Crippen LogP contribution in [0.3, 0.4) is 0 Å². The highest BCUT2D eigenvalue weighted by Crippen LogP contribution is 2.06. The van der Waals surface area contributed by atoms with Gasteiger partial charge in [-0.25, -0.2) is 0 Å². The van der Waals surface area contributed by atoms with E-state index in [-0.39, 0.29) is 6.54 Å². The number of halogens is 8. The quantitative estimate of drug-likeness (QED) is 0.237. The minimum atomic E-state index is -0.512. The Morgan fingerprint density at radius 3 is 1.58 bits per heavy atom. The van der Waals surface area contributed by atoms with E-state index in [4.69, 9.17) is 46.9 Å². The molecule has 0 fully saturated rings. The van der Waals surface area contributed by atoms with Gasteiger partial charge in [0.1, 0.15) is 12.1 Å². The molecule has 0 saturated heterocycles. The second-order valence-electron chi connectivity index (χ2n) is 2.98. The van der Waals surface area contributed by atoms with E-state index in [9.17, 15) is 4.79 Å². The van der Waals surface area contributed by atoms with E-state index < -0.39 is 11.6 Å². The highest BCUT2D eigenvalue weighted by atomic mass is 20.0. The van der Waals surface area contributed by atoms with Crippen LogP contribution < -0.4 is 0 Å². The molecule has 0 N–H and O–H groups in total. The molecule has 0 aliphatic rings. The van der Waals surface area contributed by atoms with Crippen LogP contribution in [0, 0.1) is 0 Å². The van der Waals surface area contributed by atoms with Crippen LogP contribution in [-0.4, -0.2) is 18.1 Å². The van der Waals surface area contributed by atoms with Gasteiger partial charge in [0.15, 0.2) is 0 Å². The van der Waals surface area contributed by atoms with Gasteiger partial charge >= 0.3 is 5.97 Å². The van der Waals surface area contributed by atoms with E-state index in [0.29, 0.717) is 0 Å². The van der Waals surface area contributed by atoms with E-state index in [1.54, 1.807) is 20.8 Å². The fourth-order valence-electron chi connectivity index (χ4n) is 0.463. The monoisotopic (exact) mass is 309 g/mol. The Bertz CT molecular complexity index is 207. The second-order valence-corrected chi connectivity index (χ2v) is 2.98. The minimum absolute atomic E-state index is 0.242. The van der Waals surface area contributed by atoms with Gasteiger partial charge in [0.05, 0.1) is 0 Å². The lowest BCUT2D eigenvalue weighted by Crippen LogP contribution is -2.25. The Morgan fingerprint density at radius 1 is 1.05 bits per heavy atom. The van der Waals surface area contributed by atoms with Gasteiger partial charge < -0.3 is 4.74 Å². The number of esters is 1. The lowest BCUT2D eigenvalue weighted by atomic mass is 10.2. The van der Waals surface area contributed by atoms with Crippen LogP contribution in [0.25, 0.3) is 10.4 Å². The van der Waals surface area contributed by atoms with Gasteiger partial charge in [-0.2, -0.15) is 0 Å². The summed E-state index contributed by atoms with van der Waals surface area (Å²) < 4.78 is 68.8. The molecular formula is C6H11F8N3O2. The number of rotatable bonds is 2.